The van der Waals surface area contributed by atoms with Crippen molar-refractivity contribution in [3.05, 3.63) is 70.4 Å². The Balaban J connectivity index is 0.000000156. The molecule has 4 bridgehead atoms. The van der Waals surface area contributed by atoms with Gasteiger partial charge in [-0.2, -0.15) is 9.97 Å². The minimum absolute atomic E-state index is 0.00534. The first-order chi connectivity index (χ1) is 29.2. The fraction of sp³-hybridized carbons (Fsp3) is 0.556. The van der Waals surface area contributed by atoms with Crippen molar-refractivity contribution in [3.63, 3.8) is 0 Å². The highest BCUT2D eigenvalue weighted by atomic mass is 19.1. The van der Waals surface area contributed by atoms with Crippen LogP contribution in [0.5, 0.6) is 0 Å². The van der Waals surface area contributed by atoms with E-state index in [1.807, 2.05) is 23.6 Å². The molecule has 4 aromatic rings. The lowest BCUT2D eigenvalue weighted by molar-refractivity contribution is 0.101. The quantitative estimate of drug-likeness (QED) is 0.150. The lowest BCUT2D eigenvalue weighted by Gasteiger charge is -2.48. The first-order valence-electron chi connectivity index (χ1n) is 21.8. The Morgan fingerprint density at radius 1 is 0.623 bits per heavy atom. The standard InChI is InChI=1S/C23H28F2N4O2.C22H26F2N4O2/c1-4-18-19(27-22(31-18)29-11-23(2,3)12-29)21(30)26-15-7-16(24)20(17(25)8-15)28-9-13-5-14(6-13)10-28;1-2-18-19(26-22(30-18)27-5-3-4-6-27)21(29)25-15-9-16(23)20(17(24)10-15)28-11-13-7-14(8-13)12-28/h7-8,13-14H,4-6,9-12H2,1-3H3,(H,26,30);9-10,13-14H,2-8,11-12H2,1H3,(H,25,29). The molecule has 2 aromatic heterocycles. The summed E-state index contributed by atoms with van der Waals surface area (Å²) in [6.07, 6.45) is 7.75. The first kappa shape index (κ1) is 41.1. The number of aryl methyl sites for hydroxylation is 2. The average molecular weight is 847 g/mol. The van der Waals surface area contributed by atoms with Crippen molar-refractivity contribution in [1.29, 1.82) is 0 Å². The summed E-state index contributed by atoms with van der Waals surface area (Å²) < 4.78 is 70.7. The number of amides is 2. The van der Waals surface area contributed by atoms with E-state index in [1.54, 1.807) is 9.80 Å². The van der Waals surface area contributed by atoms with Crippen LogP contribution in [0.3, 0.4) is 0 Å². The van der Waals surface area contributed by atoms with Gasteiger partial charge in [-0.15, -0.1) is 0 Å². The lowest BCUT2D eigenvalue weighted by atomic mass is 9.71. The predicted octanol–water partition coefficient (Wildman–Crippen LogP) is 8.67. The van der Waals surface area contributed by atoms with Gasteiger partial charge in [0.05, 0.1) is 0 Å². The van der Waals surface area contributed by atoms with E-state index in [1.165, 1.54) is 24.3 Å². The highest BCUT2D eigenvalue weighted by Gasteiger charge is 2.41. The highest BCUT2D eigenvalue weighted by Crippen LogP contribution is 2.44. The second-order valence-corrected chi connectivity index (χ2v) is 18.7. The molecule has 8 aliphatic rings. The topological polar surface area (TPSA) is 123 Å². The number of anilines is 6. The Morgan fingerprint density at radius 2 is 0.984 bits per heavy atom. The minimum atomic E-state index is -0.657. The SMILES string of the molecule is CCc1oc(N2CC(C)(C)C2)nc1C(=O)Nc1cc(F)c(N2CC3CC(C3)C2)c(F)c1.CCc1oc(N2CCCC2)nc1C(=O)Nc1cc(F)c(N2CC3CC(C3)C2)c(F)c1. The van der Waals surface area contributed by atoms with Gasteiger partial charge in [0.2, 0.25) is 0 Å². The number of hydrogen-bond donors (Lipinski definition) is 2. The van der Waals surface area contributed by atoms with Crippen molar-refractivity contribution < 1.29 is 36.0 Å². The molecule has 16 heteroatoms. The molecule has 0 spiro atoms. The number of piperidine rings is 4. The van der Waals surface area contributed by atoms with Gasteiger partial charge in [0.25, 0.3) is 23.8 Å². The second kappa shape index (κ2) is 16.2. The maximum absolute atomic E-state index is 14.8. The van der Waals surface area contributed by atoms with Crippen LogP contribution in [0.4, 0.5) is 52.3 Å². The fourth-order valence-corrected chi connectivity index (χ4v) is 10.2. The number of carbonyl (C=O) groups excluding carboxylic acids is 2. The van der Waals surface area contributed by atoms with Gasteiger partial charge in [-0.05, 0) is 86.5 Å². The number of hydrogen-bond acceptors (Lipinski definition) is 10. The molecule has 6 aliphatic heterocycles. The molecular weight excluding hydrogens is 793 g/mol. The molecule has 2 aromatic carbocycles. The van der Waals surface area contributed by atoms with E-state index in [0.29, 0.717) is 86.2 Å². The van der Waals surface area contributed by atoms with Crippen molar-refractivity contribution in [2.24, 2.45) is 29.1 Å². The third kappa shape index (κ3) is 8.26. The van der Waals surface area contributed by atoms with Gasteiger partial charge < -0.3 is 39.1 Å². The molecule has 61 heavy (non-hydrogen) atoms. The number of nitrogens with one attached hydrogen (secondary N) is 2. The van der Waals surface area contributed by atoms with E-state index in [0.717, 1.165) is 64.7 Å². The third-order valence-corrected chi connectivity index (χ3v) is 13.1. The van der Waals surface area contributed by atoms with Crippen molar-refractivity contribution in [3.8, 4) is 0 Å². The molecule has 6 saturated heterocycles. The number of oxazole rings is 2. The Morgan fingerprint density at radius 3 is 1.33 bits per heavy atom. The van der Waals surface area contributed by atoms with Crippen LogP contribution < -0.4 is 30.2 Å². The number of rotatable bonds is 10. The van der Waals surface area contributed by atoms with E-state index in [4.69, 9.17) is 8.83 Å². The molecule has 2 N–H and O–H groups in total. The highest BCUT2D eigenvalue weighted by molar-refractivity contribution is 6.04. The van der Waals surface area contributed by atoms with Crippen molar-refractivity contribution in [2.45, 2.75) is 79.1 Å². The van der Waals surface area contributed by atoms with Crippen LogP contribution in [0.2, 0.25) is 0 Å². The van der Waals surface area contributed by atoms with Gasteiger partial charge in [0.1, 0.15) is 22.9 Å². The molecule has 0 atom stereocenters. The molecule has 2 amide bonds. The largest absolute Gasteiger partial charge is 0.428 e. The summed E-state index contributed by atoms with van der Waals surface area (Å²) in [4.78, 5) is 41.9. The number of nitrogens with zero attached hydrogens (tertiary/aromatic N) is 6. The van der Waals surface area contributed by atoms with Gasteiger partial charge in [0, 0.05) is 82.0 Å². The maximum Gasteiger partial charge on any atom is 0.298 e. The summed E-state index contributed by atoms with van der Waals surface area (Å²) in [5.41, 5.74) is 0.676. The summed E-state index contributed by atoms with van der Waals surface area (Å²) in [6, 6.07) is 5.58. The third-order valence-electron chi connectivity index (χ3n) is 13.1. The van der Waals surface area contributed by atoms with Gasteiger partial charge in [-0.25, -0.2) is 17.6 Å². The molecule has 0 radical (unpaired) electrons. The summed E-state index contributed by atoms with van der Waals surface area (Å²) in [5.74, 6) is -0.610. The summed E-state index contributed by atoms with van der Waals surface area (Å²) >= 11 is 0. The zero-order valence-corrected chi connectivity index (χ0v) is 35.3. The van der Waals surface area contributed by atoms with Gasteiger partial charge in [0.15, 0.2) is 34.7 Å². The van der Waals surface area contributed by atoms with E-state index in [2.05, 4.69) is 34.4 Å². The van der Waals surface area contributed by atoms with E-state index >= 15 is 0 Å². The van der Waals surface area contributed by atoms with Gasteiger partial charge in [-0.1, -0.05) is 27.7 Å². The van der Waals surface area contributed by atoms with Crippen LogP contribution >= 0.6 is 0 Å². The lowest BCUT2D eigenvalue weighted by Crippen LogP contribution is -2.53. The zero-order chi connectivity index (χ0) is 42.7. The van der Waals surface area contributed by atoms with Gasteiger partial charge in [-0.3, -0.25) is 9.59 Å². The number of aromatic nitrogens is 2. The molecular formula is C45H54F4N8O4. The Labute approximate surface area is 353 Å². The van der Waals surface area contributed by atoms with Crippen LogP contribution in [0.25, 0.3) is 0 Å². The molecule has 8 heterocycles. The summed E-state index contributed by atoms with van der Waals surface area (Å²) in [5, 5.41) is 5.18. The fourth-order valence-electron chi connectivity index (χ4n) is 10.2. The van der Waals surface area contributed by atoms with Gasteiger partial charge >= 0.3 is 0 Å². The Bertz CT molecular complexity index is 2240. The van der Waals surface area contributed by atoms with Crippen molar-refractivity contribution in [2.75, 3.05) is 82.6 Å². The molecule has 2 aliphatic carbocycles. The molecule has 8 fully saturated rings. The second-order valence-electron chi connectivity index (χ2n) is 18.7. The summed E-state index contributed by atoms with van der Waals surface area (Å²) in [6.45, 7) is 14.1. The molecule has 326 valence electrons. The Kier molecular flexibility index (Phi) is 10.9. The molecule has 12 nitrogen and oxygen atoms in total. The maximum atomic E-state index is 14.8. The van der Waals surface area contributed by atoms with Crippen LogP contribution in [0, 0.1) is 52.4 Å². The first-order valence-corrected chi connectivity index (χ1v) is 21.8. The number of benzene rings is 2. The molecule has 12 rings (SSSR count). The van der Waals surface area contributed by atoms with E-state index < -0.39 is 35.1 Å². The number of halogens is 4. The van der Waals surface area contributed by atoms with Crippen LogP contribution in [-0.2, 0) is 12.8 Å². The van der Waals surface area contributed by atoms with Crippen molar-refractivity contribution >= 4 is 46.6 Å². The smallest absolute Gasteiger partial charge is 0.298 e. The molecule has 0 unspecified atom stereocenters. The van der Waals surface area contributed by atoms with Crippen LogP contribution in [-0.4, -0.2) is 74.1 Å². The van der Waals surface area contributed by atoms with Crippen LogP contribution in [0.1, 0.15) is 98.7 Å². The van der Waals surface area contributed by atoms with Crippen LogP contribution in [0.15, 0.2) is 33.1 Å². The van der Waals surface area contributed by atoms with Crippen molar-refractivity contribution in [1.82, 2.24) is 9.97 Å². The zero-order valence-electron chi connectivity index (χ0n) is 35.3. The van der Waals surface area contributed by atoms with E-state index in [-0.39, 0.29) is 39.6 Å². The Hall–Kier alpha value is -5.28. The van der Waals surface area contributed by atoms with E-state index in [9.17, 15) is 27.2 Å². The predicted molar refractivity (Wildman–Crippen MR) is 225 cm³/mol. The normalized spacial score (nSPS) is 23.4. The summed E-state index contributed by atoms with van der Waals surface area (Å²) in [7, 11) is 0. The monoisotopic (exact) mass is 846 g/mol. The minimum Gasteiger partial charge on any atom is -0.428 e. The number of carbonyl (C=O) groups is 2. The molecule has 2 saturated carbocycles. The average Bonchev–Trinajstić information content (AvgIpc) is 3.97. The number of fused-ring (bicyclic) bond motifs is 4.